The average Bonchev–Trinajstić information content (AvgIpc) is 2.70. The summed E-state index contributed by atoms with van der Waals surface area (Å²) in [6, 6.07) is -0.648. The number of hydrogen-bond acceptors (Lipinski definition) is 4. The highest BCUT2D eigenvalue weighted by Crippen LogP contribution is 2.29. The van der Waals surface area contributed by atoms with Crippen molar-refractivity contribution in [1.82, 2.24) is 9.55 Å². The normalized spacial score (nSPS) is 18.3. The first-order chi connectivity index (χ1) is 7.56. The van der Waals surface area contributed by atoms with Crippen LogP contribution in [-0.4, -0.2) is 22.6 Å². The molecule has 16 heavy (non-hydrogen) atoms. The molecule has 2 rings (SSSR count). The van der Waals surface area contributed by atoms with Gasteiger partial charge in [0.15, 0.2) is 10.3 Å². The minimum atomic E-state index is -0.648. The van der Waals surface area contributed by atoms with Gasteiger partial charge in [-0.15, -0.1) is 0 Å². The van der Waals surface area contributed by atoms with E-state index in [1.165, 1.54) is 11.7 Å². The largest absolute Gasteiger partial charge is 0.467 e. The van der Waals surface area contributed by atoms with Crippen LogP contribution >= 0.6 is 23.2 Å². The topological polar surface area (TPSA) is 61.2 Å². The van der Waals surface area contributed by atoms with E-state index in [2.05, 4.69) is 9.72 Å². The molecule has 0 aromatic carbocycles. The molecule has 0 unspecified atom stereocenters. The monoisotopic (exact) mass is 262 g/mol. The van der Waals surface area contributed by atoms with Gasteiger partial charge in [-0.25, -0.2) is 9.78 Å². The quantitative estimate of drug-likeness (QED) is 0.714. The van der Waals surface area contributed by atoms with E-state index in [0.717, 1.165) is 0 Å². The van der Waals surface area contributed by atoms with Crippen LogP contribution in [0.2, 0.25) is 10.3 Å². The highest BCUT2D eigenvalue weighted by molar-refractivity contribution is 6.32. The molecule has 0 spiro atoms. The van der Waals surface area contributed by atoms with E-state index >= 15 is 0 Å². The minimum Gasteiger partial charge on any atom is -0.467 e. The van der Waals surface area contributed by atoms with E-state index in [0.29, 0.717) is 18.5 Å². The summed E-state index contributed by atoms with van der Waals surface area (Å²) < 4.78 is 5.89. The van der Waals surface area contributed by atoms with Crippen molar-refractivity contribution in [2.45, 2.75) is 18.9 Å². The summed E-state index contributed by atoms with van der Waals surface area (Å²) in [7, 11) is 1.27. The number of ether oxygens (including phenoxy) is 1. The van der Waals surface area contributed by atoms with Gasteiger partial charge < -0.3 is 4.74 Å². The smallest absolute Gasteiger partial charge is 0.328 e. The summed E-state index contributed by atoms with van der Waals surface area (Å²) >= 11 is 11.5. The Bertz CT molecular complexity index is 512. The van der Waals surface area contributed by atoms with Crippen molar-refractivity contribution < 1.29 is 9.53 Å². The lowest BCUT2D eigenvalue weighted by Crippen LogP contribution is -2.29. The first-order valence-electron chi connectivity index (χ1n) is 4.60. The van der Waals surface area contributed by atoms with Gasteiger partial charge in [-0.1, -0.05) is 23.2 Å². The molecule has 1 aromatic rings. The average molecular weight is 263 g/mol. The van der Waals surface area contributed by atoms with Gasteiger partial charge in [0.05, 0.1) is 12.8 Å². The highest BCUT2D eigenvalue weighted by Gasteiger charge is 2.32. The summed E-state index contributed by atoms with van der Waals surface area (Å²) in [6.07, 6.45) is 0.988. The zero-order valence-corrected chi connectivity index (χ0v) is 9.88. The van der Waals surface area contributed by atoms with Crippen LogP contribution in [-0.2, 0) is 16.0 Å². The number of rotatable bonds is 1. The summed E-state index contributed by atoms with van der Waals surface area (Å²) in [6.45, 7) is 0. The Labute approximate surface area is 101 Å². The number of fused-ring (bicyclic) bond motifs is 1. The van der Waals surface area contributed by atoms with E-state index < -0.39 is 17.6 Å². The van der Waals surface area contributed by atoms with Crippen molar-refractivity contribution in [3.63, 3.8) is 0 Å². The van der Waals surface area contributed by atoms with Crippen molar-refractivity contribution >= 4 is 29.2 Å². The van der Waals surface area contributed by atoms with Gasteiger partial charge in [0.1, 0.15) is 6.04 Å². The standard InChI is InChI=1S/C9H8Cl2N2O3/c1-16-9(15)5-3-2-4-6(10)12-7(11)8(14)13(4)5/h5H,2-3H2,1H3/t5-/m0/s1. The molecule has 0 amide bonds. The van der Waals surface area contributed by atoms with Gasteiger partial charge >= 0.3 is 5.97 Å². The molecule has 1 aromatic heterocycles. The maximum Gasteiger partial charge on any atom is 0.328 e. The Morgan fingerprint density at radius 1 is 1.50 bits per heavy atom. The number of carbonyl (C=O) groups excluding carboxylic acids is 1. The number of hydrogen-bond donors (Lipinski definition) is 0. The maximum atomic E-state index is 11.7. The number of carbonyl (C=O) groups is 1. The molecule has 86 valence electrons. The third-order valence-corrected chi connectivity index (χ3v) is 3.11. The van der Waals surface area contributed by atoms with Crippen LogP contribution in [0.4, 0.5) is 0 Å². The van der Waals surface area contributed by atoms with Crippen molar-refractivity contribution in [2.24, 2.45) is 0 Å². The maximum absolute atomic E-state index is 11.7. The summed E-state index contributed by atoms with van der Waals surface area (Å²) in [5.41, 5.74) is 0.0282. The van der Waals surface area contributed by atoms with Crippen LogP contribution < -0.4 is 5.56 Å². The molecule has 0 bridgehead atoms. The number of esters is 1. The summed E-state index contributed by atoms with van der Waals surface area (Å²) in [4.78, 5) is 26.9. The molecule has 0 saturated carbocycles. The fourth-order valence-electron chi connectivity index (χ4n) is 1.83. The molecule has 0 aliphatic carbocycles. The zero-order chi connectivity index (χ0) is 11.9. The predicted octanol–water partition coefficient (Wildman–Crippen LogP) is 1.21. The van der Waals surface area contributed by atoms with Crippen LogP contribution in [0.5, 0.6) is 0 Å². The molecule has 5 nitrogen and oxygen atoms in total. The molecule has 0 radical (unpaired) electrons. The minimum absolute atomic E-state index is 0.163. The van der Waals surface area contributed by atoms with E-state index in [-0.39, 0.29) is 10.3 Å². The lowest BCUT2D eigenvalue weighted by molar-refractivity contribution is -0.144. The summed E-state index contributed by atoms with van der Waals surface area (Å²) in [5, 5.41) is -0.0689. The second-order valence-corrected chi connectivity index (χ2v) is 4.11. The molecule has 1 aliphatic heterocycles. The van der Waals surface area contributed by atoms with E-state index in [1.54, 1.807) is 0 Å². The molecule has 1 atom stereocenters. The van der Waals surface area contributed by atoms with Gasteiger partial charge in [-0.05, 0) is 12.8 Å². The van der Waals surface area contributed by atoms with E-state index in [9.17, 15) is 9.59 Å². The highest BCUT2D eigenvalue weighted by atomic mass is 35.5. The lowest BCUT2D eigenvalue weighted by Gasteiger charge is -2.12. The molecule has 2 heterocycles. The van der Waals surface area contributed by atoms with Gasteiger partial charge in [0.2, 0.25) is 0 Å². The Hall–Kier alpha value is -1.07. The Balaban J connectivity index is 2.62. The molecule has 7 heteroatoms. The van der Waals surface area contributed by atoms with Crippen LogP contribution in [0, 0.1) is 0 Å². The number of aromatic nitrogens is 2. The molecule has 0 N–H and O–H groups in total. The third-order valence-electron chi connectivity index (χ3n) is 2.56. The van der Waals surface area contributed by atoms with Crippen LogP contribution in [0.25, 0.3) is 0 Å². The first kappa shape index (κ1) is 11.4. The second kappa shape index (κ2) is 4.07. The molecule has 0 fully saturated rings. The van der Waals surface area contributed by atoms with Crippen LogP contribution in [0.3, 0.4) is 0 Å². The molecule has 1 aliphatic rings. The number of methoxy groups -OCH3 is 1. The van der Waals surface area contributed by atoms with E-state index in [1.807, 2.05) is 0 Å². The van der Waals surface area contributed by atoms with Crippen molar-refractivity contribution in [2.75, 3.05) is 7.11 Å². The zero-order valence-electron chi connectivity index (χ0n) is 8.37. The van der Waals surface area contributed by atoms with Crippen molar-refractivity contribution in [1.29, 1.82) is 0 Å². The number of nitrogens with zero attached hydrogens (tertiary/aromatic N) is 2. The van der Waals surface area contributed by atoms with Gasteiger partial charge in [-0.3, -0.25) is 9.36 Å². The molecular weight excluding hydrogens is 255 g/mol. The van der Waals surface area contributed by atoms with Crippen molar-refractivity contribution in [3.8, 4) is 0 Å². The van der Waals surface area contributed by atoms with Gasteiger partial charge in [0.25, 0.3) is 5.56 Å². The fourth-order valence-corrected chi connectivity index (χ4v) is 2.32. The molecule has 0 saturated heterocycles. The Morgan fingerprint density at radius 2 is 2.19 bits per heavy atom. The Morgan fingerprint density at radius 3 is 2.81 bits per heavy atom. The number of halogens is 2. The van der Waals surface area contributed by atoms with E-state index in [4.69, 9.17) is 23.2 Å². The second-order valence-electron chi connectivity index (χ2n) is 3.39. The predicted molar refractivity (Wildman–Crippen MR) is 57.9 cm³/mol. The van der Waals surface area contributed by atoms with Crippen LogP contribution in [0.1, 0.15) is 18.2 Å². The van der Waals surface area contributed by atoms with Crippen molar-refractivity contribution in [3.05, 3.63) is 26.4 Å². The van der Waals surface area contributed by atoms with Gasteiger partial charge in [0, 0.05) is 0 Å². The lowest BCUT2D eigenvalue weighted by atomic mass is 10.2. The SMILES string of the molecule is COC(=O)[C@@H]1CCc2c(Cl)nc(Cl)c(=O)n21. The third kappa shape index (κ3) is 1.60. The van der Waals surface area contributed by atoms with Gasteiger partial charge in [-0.2, -0.15) is 0 Å². The fraction of sp³-hybridized carbons (Fsp3) is 0.444. The summed E-state index contributed by atoms with van der Waals surface area (Å²) in [5.74, 6) is -0.473. The Kier molecular flexibility index (Phi) is 2.90. The van der Waals surface area contributed by atoms with Crippen LogP contribution in [0.15, 0.2) is 4.79 Å². The first-order valence-corrected chi connectivity index (χ1v) is 5.36. The molecular formula is C9H8Cl2N2O3.